The van der Waals surface area contributed by atoms with Crippen molar-refractivity contribution in [2.75, 3.05) is 13.6 Å². The van der Waals surface area contributed by atoms with Gasteiger partial charge in [0.25, 0.3) is 0 Å². The van der Waals surface area contributed by atoms with Gasteiger partial charge in [-0.25, -0.2) is 0 Å². The van der Waals surface area contributed by atoms with Crippen LogP contribution in [0.1, 0.15) is 26.2 Å². The van der Waals surface area contributed by atoms with E-state index < -0.39 is 0 Å². The maximum Gasteiger partial charge on any atom is 0.0124 e. The lowest BCUT2D eigenvalue weighted by molar-refractivity contribution is 0.288. The first-order valence-electron chi connectivity index (χ1n) is 4.47. The molecule has 0 bridgehead atoms. The van der Waals surface area contributed by atoms with Crippen LogP contribution in [-0.4, -0.2) is 24.5 Å². The minimum absolute atomic E-state index is 0.954. The average molecular weight is 139 g/mol. The highest BCUT2D eigenvalue weighted by atomic mass is 15.2. The van der Waals surface area contributed by atoms with Crippen molar-refractivity contribution in [1.82, 2.24) is 4.90 Å². The van der Waals surface area contributed by atoms with Gasteiger partial charge in [0.05, 0.1) is 0 Å². The molecule has 1 aliphatic carbocycles. The molecule has 0 aromatic heterocycles. The molecule has 58 valence electrons. The zero-order valence-corrected chi connectivity index (χ0v) is 7.01. The number of fused-ring (bicyclic) bond motifs is 1. The summed E-state index contributed by atoms with van der Waals surface area (Å²) in [6.45, 7) is 3.74. The van der Waals surface area contributed by atoms with Crippen LogP contribution in [0.15, 0.2) is 0 Å². The number of nitrogens with zero attached hydrogens (tertiary/aromatic N) is 1. The highest BCUT2D eigenvalue weighted by Crippen LogP contribution is 2.39. The predicted octanol–water partition coefficient (Wildman–Crippen LogP) is 1.74. The van der Waals surface area contributed by atoms with E-state index in [4.69, 9.17) is 0 Å². The third-order valence-electron chi connectivity index (χ3n) is 3.31. The Labute approximate surface area is 63.4 Å². The summed E-state index contributed by atoms with van der Waals surface area (Å²) in [6.07, 6.45) is 4.42. The van der Waals surface area contributed by atoms with E-state index in [1.165, 1.54) is 25.8 Å². The van der Waals surface area contributed by atoms with Crippen molar-refractivity contribution in [3.63, 3.8) is 0 Å². The maximum absolute atomic E-state index is 2.55. The molecule has 3 unspecified atom stereocenters. The number of rotatable bonds is 0. The Hall–Kier alpha value is -0.0400. The van der Waals surface area contributed by atoms with Crippen LogP contribution >= 0.6 is 0 Å². The summed E-state index contributed by atoms with van der Waals surface area (Å²) in [5, 5.41) is 0. The van der Waals surface area contributed by atoms with Crippen LogP contribution in [0.5, 0.6) is 0 Å². The summed E-state index contributed by atoms with van der Waals surface area (Å²) in [6, 6.07) is 0.954. The van der Waals surface area contributed by atoms with Gasteiger partial charge in [-0.3, -0.25) is 0 Å². The lowest BCUT2D eigenvalue weighted by Gasteiger charge is -2.17. The third-order valence-corrected chi connectivity index (χ3v) is 3.31. The topological polar surface area (TPSA) is 3.24 Å². The average Bonchev–Trinajstić information content (AvgIpc) is 2.35. The molecule has 0 amide bonds. The Morgan fingerprint density at radius 1 is 1.30 bits per heavy atom. The fourth-order valence-electron chi connectivity index (χ4n) is 2.76. The lowest BCUT2D eigenvalue weighted by atomic mass is 10.0. The zero-order chi connectivity index (χ0) is 7.14. The Balaban J connectivity index is 2.05. The normalized spacial score (nSPS) is 48.0. The first-order valence-corrected chi connectivity index (χ1v) is 4.47. The van der Waals surface area contributed by atoms with Gasteiger partial charge in [0.1, 0.15) is 0 Å². The van der Waals surface area contributed by atoms with E-state index in [9.17, 15) is 0 Å². The van der Waals surface area contributed by atoms with E-state index in [0.717, 1.165) is 17.9 Å². The van der Waals surface area contributed by atoms with E-state index in [2.05, 4.69) is 18.9 Å². The fourth-order valence-corrected chi connectivity index (χ4v) is 2.76. The largest absolute Gasteiger partial charge is 0.303 e. The smallest absolute Gasteiger partial charge is 0.0124 e. The Morgan fingerprint density at radius 2 is 2.10 bits per heavy atom. The standard InChI is InChI=1S/C9H17N/c1-7-5-8-3-4-10(2)9(8)6-7/h7-9H,3-6H2,1-2H3. The molecule has 2 fully saturated rings. The summed E-state index contributed by atoms with van der Waals surface area (Å²) >= 11 is 0. The van der Waals surface area contributed by atoms with Crippen LogP contribution in [0.2, 0.25) is 0 Å². The minimum Gasteiger partial charge on any atom is -0.303 e. The fraction of sp³-hybridized carbons (Fsp3) is 1.00. The monoisotopic (exact) mass is 139 g/mol. The molecular weight excluding hydrogens is 122 g/mol. The molecule has 1 heteroatoms. The van der Waals surface area contributed by atoms with Crippen LogP contribution in [0.4, 0.5) is 0 Å². The molecule has 0 aromatic rings. The summed E-state index contributed by atoms with van der Waals surface area (Å²) < 4.78 is 0. The second-order valence-corrected chi connectivity index (χ2v) is 4.17. The molecule has 1 saturated heterocycles. The molecule has 0 N–H and O–H groups in total. The van der Waals surface area contributed by atoms with Gasteiger partial charge in [-0.1, -0.05) is 6.92 Å². The van der Waals surface area contributed by atoms with E-state index in [1.807, 2.05) is 0 Å². The first kappa shape index (κ1) is 6.66. The van der Waals surface area contributed by atoms with Crippen molar-refractivity contribution < 1.29 is 0 Å². The minimum atomic E-state index is 0.954. The number of hydrogen-bond acceptors (Lipinski definition) is 1. The lowest BCUT2D eigenvalue weighted by Crippen LogP contribution is -2.25. The molecule has 0 spiro atoms. The summed E-state index contributed by atoms with van der Waals surface area (Å²) in [5.41, 5.74) is 0. The van der Waals surface area contributed by atoms with E-state index in [1.54, 1.807) is 0 Å². The van der Waals surface area contributed by atoms with Crippen molar-refractivity contribution in [3.8, 4) is 0 Å². The molecule has 1 nitrogen and oxygen atoms in total. The SMILES string of the molecule is CC1CC2CCN(C)C2C1. The van der Waals surface area contributed by atoms with Crippen LogP contribution < -0.4 is 0 Å². The van der Waals surface area contributed by atoms with Crippen molar-refractivity contribution in [2.24, 2.45) is 11.8 Å². The highest BCUT2D eigenvalue weighted by molar-refractivity contribution is 4.92. The van der Waals surface area contributed by atoms with Crippen molar-refractivity contribution in [1.29, 1.82) is 0 Å². The number of hydrogen-bond donors (Lipinski definition) is 0. The maximum atomic E-state index is 2.55. The molecule has 1 heterocycles. The van der Waals surface area contributed by atoms with Gasteiger partial charge in [0, 0.05) is 6.04 Å². The Kier molecular flexibility index (Phi) is 1.48. The van der Waals surface area contributed by atoms with Crippen LogP contribution in [0.25, 0.3) is 0 Å². The third kappa shape index (κ3) is 0.878. The van der Waals surface area contributed by atoms with Gasteiger partial charge in [-0.2, -0.15) is 0 Å². The predicted molar refractivity (Wildman–Crippen MR) is 42.9 cm³/mol. The Bertz CT molecular complexity index is 133. The molecule has 2 aliphatic rings. The van der Waals surface area contributed by atoms with Crippen LogP contribution in [0.3, 0.4) is 0 Å². The highest BCUT2D eigenvalue weighted by Gasteiger charge is 2.38. The second kappa shape index (κ2) is 2.23. The van der Waals surface area contributed by atoms with Crippen LogP contribution in [-0.2, 0) is 0 Å². The summed E-state index contributed by atoms with van der Waals surface area (Å²) in [7, 11) is 2.28. The van der Waals surface area contributed by atoms with Crippen molar-refractivity contribution in [2.45, 2.75) is 32.2 Å². The summed E-state index contributed by atoms with van der Waals surface area (Å²) in [5.74, 6) is 2.05. The molecule has 2 rings (SSSR count). The summed E-state index contributed by atoms with van der Waals surface area (Å²) in [4.78, 5) is 2.55. The molecule has 0 aromatic carbocycles. The molecule has 1 aliphatic heterocycles. The molecule has 3 atom stereocenters. The van der Waals surface area contributed by atoms with Gasteiger partial charge in [0.15, 0.2) is 0 Å². The van der Waals surface area contributed by atoms with Crippen molar-refractivity contribution in [3.05, 3.63) is 0 Å². The van der Waals surface area contributed by atoms with Crippen LogP contribution in [0, 0.1) is 11.8 Å². The van der Waals surface area contributed by atoms with Gasteiger partial charge >= 0.3 is 0 Å². The van der Waals surface area contributed by atoms with E-state index in [0.29, 0.717) is 0 Å². The van der Waals surface area contributed by atoms with Gasteiger partial charge in [-0.05, 0) is 44.7 Å². The molecule has 10 heavy (non-hydrogen) atoms. The van der Waals surface area contributed by atoms with E-state index >= 15 is 0 Å². The van der Waals surface area contributed by atoms with Gasteiger partial charge in [0.2, 0.25) is 0 Å². The van der Waals surface area contributed by atoms with E-state index in [-0.39, 0.29) is 0 Å². The van der Waals surface area contributed by atoms with Gasteiger partial charge < -0.3 is 4.90 Å². The van der Waals surface area contributed by atoms with Crippen molar-refractivity contribution >= 4 is 0 Å². The number of likely N-dealkylation sites (tertiary alicyclic amines) is 1. The molecular formula is C9H17N. The Morgan fingerprint density at radius 3 is 2.80 bits per heavy atom. The molecule has 1 saturated carbocycles. The quantitative estimate of drug-likeness (QED) is 0.494. The molecule has 0 radical (unpaired) electrons. The zero-order valence-electron chi connectivity index (χ0n) is 7.01. The van der Waals surface area contributed by atoms with Gasteiger partial charge in [-0.15, -0.1) is 0 Å². The first-order chi connectivity index (χ1) is 4.77. The second-order valence-electron chi connectivity index (χ2n) is 4.17.